The number of hydrogen-bond acceptors (Lipinski definition) is 15. The minimum atomic E-state index is -1.69. The van der Waals surface area contributed by atoms with Crippen LogP contribution in [0.25, 0.3) is 10.4 Å². The topological polar surface area (TPSA) is 200 Å². The zero-order chi connectivity index (χ0) is 43.8. The molecule has 2 aliphatic rings. The van der Waals surface area contributed by atoms with Gasteiger partial charge in [-0.3, -0.25) is 4.79 Å². The van der Waals surface area contributed by atoms with Gasteiger partial charge >= 0.3 is 23.9 Å². The molecular formula is C45H47N3O13S. The van der Waals surface area contributed by atoms with Crippen LogP contribution in [0.2, 0.25) is 0 Å². The van der Waals surface area contributed by atoms with Gasteiger partial charge in [-0.2, -0.15) is 0 Å². The van der Waals surface area contributed by atoms with Crippen molar-refractivity contribution in [1.82, 2.24) is 0 Å². The summed E-state index contributed by atoms with van der Waals surface area (Å²) < 4.78 is 55.6. The molecule has 17 heteroatoms. The second-order valence-electron chi connectivity index (χ2n) is 14.0. The largest absolute Gasteiger partial charge is 0.467 e. The summed E-state index contributed by atoms with van der Waals surface area (Å²) >= 11 is 1.39. The molecule has 2 fully saturated rings. The molecule has 4 aromatic rings. The molecule has 6 rings (SSSR count). The maximum atomic E-state index is 13.8. The van der Waals surface area contributed by atoms with Crippen molar-refractivity contribution < 1.29 is 61.8 Å². The van der Waals surface area contributed by atoms with E-state index in [9.17, 15) is 24.7 Å². The fourth-order valence-corrected chi connectivity index (χ4v) is 7.90. The number of methoxy groups -OCH3 is 1. The van der Waals surface area contributed by atoms with E-state index >= 15 is 0 Å². The lowest BCUT2D eigenvalue weighted by atomic mass is 9.95. The van der Waals surface area contributed by atoms with Crippen LogP contribution in [-0.4, -0.2) is 104 Å². The number of hydrogen-bond donors (Lipinski definition) is 0. The van der Waals surface area contributed by atoms with Crippen LogP contribution in [0.15, 0.2) is 126 Å². The van der Waals surface area contributed by atoms with Crippen molar-refractivity contribution >= 4 is 35.6 Å². The second kappa shape index (κ2) is 22.9. The number of esters is 4. The van der Waals surface area contributed by atoms with Crippen LogP contribution in [0.3, 0.4) is 0 Å². The van der Waals surface area contributed by atoms with Gasteiger partial charge in [0.15, 0.2) is 24.6 Å². The maximum Gasteiger partial charge on any atom is 0.338 e. The van der Waals surface area contributed by atoms with Gasteiger partial charge in [0.1, 0.15) is 42.5 Å². The molecule has 0 spiro atoms. The lowest BCUT2D eigenvalue weighted by Gasteiger charge is -2.48. The summed E-state index contributed by atoms with van der Waals surface area (Å²) in [6.45, 7) is 2.75. The Kier molecular flexibility index (Phi) is 16.9. The Bertz CT molecular complexity index is 2110. The minimum Gasteiger partial charge on any atom is -0.467 e. The molecule has 2 saturated heterocycles. The zero-order valence-corrected chi connectivity index (χ0v) is 35.0. The Morgan fingerprint density at radius 1 is 0.694 bits per heavy atom. The molecule has 0 amide bonds. The third kappa shape index (κ3) is 12.0. The highest BCUT2D eigenvalue weighted by Gasteiger charge is 2.57. The summed E-state index contributed by atoms with van der Waals surface area (Å²) in [5.41, 5.74) is 11.2. The number of rotatable bonds is 18. The number of ether oxygens (including phenoxy) is 9. The Hall–Kier alpha value is -5.78. The predicted octanol–water partition coefficient (Wildman–Crippen LogP) is 6.61. The molecule has 0 aliphatic carbocycles. The van der Waals surface area contributed by atoms with Gasteiger partial charge in [0.05, 0.1) is 31.5 Å². The first-order valence-corrected chi connectivity index (χ1v) is 20.9. The number of carbonyl (C=O) groups is 4. The first-order valence-electron chi connectivity index (χ1n) is 19.9. The minimum absolute atomic E-state index is 0.0448. The van der Waals surface area contributed by atoms with Crippen LogP contribution < -0.4 is 0 Å². The lowest BCUT2D eigenvalue weighted by Crippen LogP contribution is -2.66. The third-order valence-corrected chi connectivity index (χ3v) is 10.9. The van der Waals surface area contributed by atoms with Gasteiger partial charge in [0.2, 0.25) is 0 Å². The van der Waals surface area contributed by atoms with Crippen molar-refractivity contribution in [2.45, 2.75) is 87.6 Å². The molecule has 10 atom stereocenters. The molecule has 0 saturated carbocycles. The number of carbonyl (C=O) groups excluding carboxylic acids is 4. The molecule has 326 valence electrons. The smallest absolute Gasteiger partial charge is 0.338 e. The highest BCUT2D eigenvalue weighted by molar-refractivity contribution is 7.99. The van der Waals surface area contributed by atoms with Crippen LogP contribution in [0, 0.1) is 0 Å². The summed E-state index contributed by atoms with van der Waals surface area (Å²) in [4.78, 5) is 56.5. The molecule has 0 aromatic heterocycles. The Labute approximate surface area is 362 Å². The van der Waals surface area contributed by atoms with Crippen molar-refractivity contribution in [2.75, 3.05) is 19.5 Å². The zero-order valence-electron chi connectivity index (χ0n) is 34.2. The van der Waals surface area contributed by atoms with E-state index in [1.54, 1.807) is 36.4 Å². The molecule has 0 unspecified atom stereocenters. The molecule has 0 radical (unpaired) electrons. The van der Waals surface area contributed by atoms with E-state index in [-0.39, 0.29) is 24.3 Å². The van der Waals surface area contributed by atoms with Crippen molar-refractivity contribution in [3.05, 3.63) is 154 Å². The number of nitrogens with zero attached hydrogens (tertiary/aromatic N) is 3. The van der Waals surface area contributed by atoms with Crippen LogP contribution >= 0.6 is 11.8 Å². The molecule has 4 aromatic carbocycles. The SMILES string of the molecule is CCS[C@@H]1O[C@H](C(=O)OC)[C@@H](O[C@H]2O[C@H](COC(C)=O)[C@@H](OC(=O)c3ccccc3)[C@H](OC(=O)c3ccccc3)[C@H]2N=[N+]=[N-])[C@H](OCc2ccccc2)[C@H]1OCc1ccccc1. The number of thioether (sulfide) groups is 1. The van der Waals surface area contributed by atoms with Gasteiger partial charge < -0.3 is 42.6 Å². The Morgan fingerprint density at radius 3 is 1.71 bits per heavy atom. The Morgan fingerprint density at radius 2 is 1.21 bits per heavy atom. The van der Waals surface area contributed by atoms with E-state index in [1.807, 2.05) is 67.6 Å². The average Bonchev–Trinajstić information content (AvgIpc) is 3.30. The van der Waals surface area contributed by atoms with E-state index in [0.29, 0.717) is 5.75 Å². The summed E-state index contributed by atoms with van der Waals surface area (Å²) in [7, 11) is 1.20. The van der Waals surface area contributed by atoms with Crippen molar-refractivity contribution in [3.8, 4) is 0 Å². The standard InChI is InChI=1S/C45H47N3O13S/c1-4-62-45-40(56-26-30-19-11-6-12-20-30)37(55-25-29-17-9-5-10-18-29)38(39(61-45)43(52)53-3)60-44-34(47-48-46)36(59-42(51)32-23-15-8-16-24-32)35(33(57-44)27-54-28(2)49)58-41(50)31-21-13-7-14-22-31/h5-24,33-40,44-45H,4,25-27H2,1-3H3/t33-,34-,35-,36-,37+,38+,39+,40-,44-,45+/m1/s1. The van der Waals surface area contributed by atoms with Crippen LogP contribution in [0.1, 0.15) is 45.7 Å². The van der Waals surface area contributed by atoms with Gasteiger partial charge in [-0.05, 0) is 46.7 Å². The Balaban J connectivity index is 1.44. The molecule has 2 heterocycles. The number of azide groups is 1. The highest BCUT2D eigenvalue weighted by Crippen LogP contribution is 2.38. The first-order chi connectivity index (χ1) is 30.2. The maximum absolute atomic E-state index is 13.8. The first kappa shape index (κ1) is 45.7. The van der Waals surface area contributed by atoms with Crippen LogP contribution in [0.4, 0.5) is 0 Å². The predicted molar refractivity (Wildman–Crippen MR) is 223 cm³/mol. The van der Waals surface area contributed by atoms with E-state index in [2.05, 4.69) is 10.0 Å². The van der Waals surface area contributed by atoms with Gasteiger partial charge in [-0.15, -0.1) is 11.8 Å². The van der Waals surface area contributed by atoms with Gasteiger partial charge in [0, 0.05) is 11.8 Å². The summed E-state index contributed by atoms with van der Waals surface area (Å²) in [5.74, 6) is -2.66. The summed E-state index contributed by atoms with van der Waals surface area (Å²) in [6.07, 6.45) is -11.1. The fourth-order valence-electron chi connectivity index (χ4n) is 6.95. The second-order valence-corrected chi connectivity index (χ2v) is 15.4. The van der Waals surface area contributed by atoms with Gasteiger partial charge in [-0.1, -0.05) is 109 Å². The quantitative estimate of drug-likeness (QED) is 0.0340. The van der Waals surface area contributed by atoms with E-state index in [0.717, 1.165) is 11.1 Å². The molecule has 0 N–H and O–H groups in total. The molecular weight excluding hydrogens is 823 g/mol. The number of benzene rings is 4. The molecule has 2 aliphatic heterocycles. The lowest BCUT2D eigenvalue weighted by molar-refractivity contribution is -0.318. The fraction of sp³-hybridized carbons (Fsp3) is 0.378. The van der Waals surface area contributed by atoms with Gasteiger partial charge in [-0.25, -0.2) is 14.4 Å². The molecule has 62 heavy (non-hydrogen) atoms. The third-order valence-electron chi connectivity index (χ3n) is 9.88. The molecule has 0 bridgehead atoms. The van der Waals surface area contributed by atoms with E-state index in [1.165, 1.54) is 50.1 Å². The summed E-state index contributed by atoms with van der Waals surface area (Å²) in [5, 5.41) is 3.99. The normalized spacial score (nSPS) is 25.7. The molecule has 16 nitrogen and oxygen atoms in total. The van der Waals surface area contributed by atoms with Crippen molar-refractivity contribution in [3.63, 3.8) is 0 Å². The van der Waals surface area contributed by atoms with Gasteiger partial charge in [0.25, 0.3) is 0 Å². The monoisotopic (exact) mass is 869 g/mol. The van der Waals surface area contributed by atoms with E-state index in [4.69, 9.17) is 42.6 Å². The van der Waals surface area contributed by atoms with E-state index < -0.39 is 91.0 Å². The van der Waals surface area contributed by atoms with Crippen molar-refractivity contribution in [1.29, 1.82) is 0 Å². The van der Waals surface area contributed by atoms with Crippen molar-refractivity contribution in [2.24, 2.45) is 5.11 Å². The highest BCUT2D eigenvalue weighted by atomic mass is 32.2. The van der Waals surface area contributed by atoms with Crippen LogP contribution in [0.5, 0.6) is 0 Å². The average molecular weight is 870 g/mol. The van der Waals surface area contributed by atoms with Crippen LogP contribution in [-0.2, 0) is 65.4 Å². The summed E-state index contributed by atoms with van der Waals surface area (Å²) in [6, 6.07) is 33.1.